The van der Waals surface area contributed by atoms with Gasteiger partial charge in [-0.1, -0.05) is 0 Å². The maximum atomic E-state index is 13.0. The number of nitrogens with zero attached hydrogens (tertiary/aromatic N) is 4. The molecule has 0 radical (unpaired) electrons. The van der Waals surface area contributed by atoms with Gasteiger partial charge in [0.15, 0.2) is 0 Å². The highest BCUT2D eigenvalue weighted by molar-refractivity contribution is 7.18. The van der Waals surface area contributed by atoms with E-state index in [1.165, 1.54) is 17.0 Å². The van der Waals surface area contributed by atoms with Gasteiger partial charge in [-0.15, -0.1) is 11.3 Å². The zero-order valence-electron chi connectivity index (χ0n) is 18.0. The van der Waals surface area contributed by atoms with Crippen molar-refractivity contribution in [3.8, 4) is 0 Å². The summed E-state index contributed by atoms with van der Waals surface area (Å²) in [6.07, 6.45) is 0. The number of aryl methyl sites for hydroxylation is 2. The number of halogens is 1. The highest BCUT2D eigenvalue weighted by Gasteiger charge is 2.26. The van der Waals surface area contributed by atoms with Gasteiger partial charge >= 0.3 is 0 Å². The van der Waals surface area contributed by atoms with Gasteiger partial charge in [0.2, 0.25) is 5.91 Å². The molecule has 164 valence electrons. The summed E-state index contributed by atoms with van der Waals surface area (Å²) < 4.78 is 13.0. The normalized spacial score (nSPS) is 16.5. The van der Waals surface area contributed by atoms with Crippen LogP contribution in [0.4, 0.5) is 15.9 Å². The Morgan fingerprint density at radius 2 is 1.87 bits per heavy atom. The van der Waals surface area contributed by atoms with E-state index < -0.39 is 0 Å². The molecular formula is C22H27FN6OS. The average Bonchev–Trinajstić information content (AvgIpc) is 3.03. The molecule has 0 spiro atoms. The maximum absolute atomic E-state index is 13.0. The number of amides is 1. The van der Waals surface area contributed by atoms with Crippen molar-refractivity contribution in [2.45, 2.75) is 26.8 Å². The van der Waals surface area contributed by atoms with E-state index in [-0.39, 0.29) is 17.8 Å². The fourth-order valence-electron chi connectivity index (χ4n) is 3.89. The predicted molar refractivity (Wildman–Crippen MR) is 123 cm³/mol. The van der Waals surface area contributed by atoms with E-state index in [1.54, 1.807) is 23.5 Å². The van der Waals surface area contributed by atoms with Gasteiger partial charge in [-0.2, -0.15) is 0 Å². The van der Waals surface area contributed by atoms with E-state index in [1.807, 2.05) is 0 Å². The molecule has 4 rings (SSSR count). The summed E-state index contributed by atoms with van der Waals surface area (Å²) in [6, 6.07) is 5.84. The number of aromatic nitrogens is 2. The van der Waals surface area contributed by atoms with Crippen molar-refractivity contribution in [1.82, 2.24) is 19.8 Å². The topological polar surface area (TPSA) is 87.4 Å². The summed E-state index contributed by atoms with van der Waals surface area (Å²) in [5, 5.41) is 3.78. The van der Waals surface area contributed by atoms with Gasteiger partial charge in [-0.05, 0) is 50.6 Å². The molecule has 1 aromatic carbocycles. The van der Waals surface area contributed by atoms with Gasteiger partial charge in [-0.3, -0.25) is 14.6 Å². The molecule has 1 amide bonds. The second-order valence-electron chi connectivity index (χ2n) is 7.97. The second-order valence-corrected chi connectivity index (χ2v) is 9.18. The quantitative estimate of drug-likeness (QED) is 0.630. The van der Waals surface area contributed by atoms with Crippen molar-refractivity contribution < 1.29 is 9.18 Å². The Labute approximate surface area is 185 Å². The number of rotatable bonds is 5. The molecule has 3 N–H and O–H groups in total. The number of carbonyl (C=O) groups is 1. The molecule has 3 heterocycles. The first-order valence-corrected chi connectivity index (χ1v) is 11.2. The Balaban J connectivity index is 1.34. The first-order valence-electron chi connectivity index (χ1n) is 10.4. The molecule has 0 saturated carbocycles. The molecule has 1 atom stereocenters. The third-order valence-corrected chi connectivity index (χ3v) is 7.00. The molecule has 0 aliphatic carbocycles. The van der Waals surface area contributed by atoms with E-state index >= 15 is 0 Å². The molecule has 7 nitrogen and oxygen atoms in total. The lowest BCUT2D eigenvalue weighted by molar-refractivity contribution is -0.117. The van der Waals surface area contributed by atoms with E-state index in [2.05, 4.69) is 40.9 Å². The molecule has 1 fully saturated rings. The number of nitrogens with one attached hydrogen (secondary N) is 1. The smallest absolute Gasteiger partial charge is 0.238 e. The van der Waals surface area contributed by atoms with Crippen LogP contribution in [-0.4, -0.2) is 58.4 Å². The molecule has 9 heteroatoms. The molecule has 0 bridgehead atoms. The lowest BCUT2D eigenvalue weighted by Crippen LogP contribution is -2.49. The highest BCUT2D eigenvalue weighted by atomic mass is 32.1. The standard InChI is InChI=1S/C22H27FN6OS/c1-13-15(3)31-22-19(13)20(24)26-21(27-22)14(2)29-10-8-28(9-11-29)12-18(30)25-17-6-4-16(23)5-7-17/h4-7,14H,8-12H2,1-3H3,(H,25,30)(H2,24,26,27). The lowest BCUT2D eigenvalue weighted by Gasteiger charge is -2.37. The van der Waals surface area contributed by atoms with Crippen LogP contribution in [0.1, 0.15) is 29.2 Å². The van der Waals surface area contributed by atoms with Gasteiger partial charge in [-0.25, -0.2) is 14.4 Å². The van der Waals surface area contributed by atoms with Crippen LogP contribution in [0.25, 0.3) is 10.2 Å². The summed E-state index contributed by atoms with van der Waals surface area (Å²) in [4.78, 5) is 28.3. The van der Waals surface area contributed by atoms with Gasteiger partial charge in [0.05, 0.1) is 18.0 Å². The number of hydrogen-bond donors (Lipinski definition) is 2. The van der Waals surface area contributed by atoms with Crippen LogP contribution in [-0.2, 0) is 4.79 Å². The molecular weight excluding hydrogens is 415 g/mol. The number of benzene rings is 1. The Morgan fingerprint density at radius 1 is 1.19 bits per heavy atom. The second kappa shape index (κ2) is 8.86. The fourth-order valence-corrected chi connectivity index (χ4v) is 4.94. The minimum Gasteiger partial charge on any atom is -0.383 e. The van der Waals surface area contributed by atoms with Crippen LogP contribution in [0.2, 0.25) is 0 Å². The van der Waals surface area contributed by atoms with Crippen molar-refractivity contribution in [3.63, 3.8) is 0 Å². The average molecular weight is 443 g/mol. The van der Waals surface area contributed by atoms with Gasteiger partial charge < -0.3 is 11.1 Å². The molecule has 1 saturated heterocycles. The van der Waals surface area contributed by atoms with E-state index in [0.29, 0.717) is 18.1 Å². The van der Waals surface area contributed by atoms with Crippen molar-refractivity contribution >= 4 is 39.0 Å². The number of fused-ring (bicyclic) bond motifs is 1. The van der Waals surface area contributed by atoms with E-state index in [0.717, 1.165) is 47.8 Å². The monoisotopic (exact) mass is 442 g/mol. The Hall–Kier alpha value is -2.62. The zero-order chi connectivity index (χ0) is 22.1. The first-order chi connectivity index (χ1) is 14.8. The first kappa shape index (κ1) is 21.6. The van der Waals surface area contributed by atoms with Crippen LogP contribution in [0.15, 0.2) is 24.3 Å². The van der Waals surface area contributed by atoms with Crippen LogP contribution in [0.5, 0.6) is 0 Å². The van der Waals surface area contributed by atoms with Gasteiger partial charge in [0.25, 0.3) is 0 Å². The van der Waals surface area contributed by atoms with Crippen LogP contribution < -0.4 is 11.1 Å². The summed E-state index contributed by atoms with van der Waals surface area (Å²) >= 11 is 1.66. The molecule has 1 aliphatic rings. The third-order valence-electron chi connectivity index (χ3n) is 5.90. The van der Waals surface area contributed by atoms with E-state index in [9.17, 15) is 9.18 Å². The highest BCUT2D eigenvalue weighted by Crippen LogP contribution is 2.33. The molecule has 31 heavy (non-hydrogen) atoms. The number of carbonyl (C=O) groups excluding carboxylic acids is 1. The summed E-state index contributed by atoms with van der Waals surface area (Å²) in [5.74, 6) is 0.870. The minimum absolute atomic E-state index is 0.0459. The molecule has 1 unspecified atom stereocenters. The zero-order valence-corrected chi connectivity index (χ0v) is 18.8. The number of piperazine rings is 1. The number of thiophene rings is 1. The molecule has 2 aromatic heterocycles. The lowest BCUT2D eigenvalue weighted by atomic mass is 10.2. The predicted octanol–water partition coefficient (Wildman–Crippen LogP) is 3.35. The van der Waals surface area contributed by atoms with Crippen molar-refractivity contribution in [1.29, 1.82) is 0 Å². The molecule has 1 aliphatic heterocycles. The summed E-state index contributed by atoms with van der Waals surface area (Å²) in [5.41, 5.74) is 8.01. The fraction of sp³-hybridized carbons (Fsp3) is 0.409. The Kier molecular flexibility index (Phi) is 6.17. The number of hydrogen-bond acceptors (Lipinski definition) is 7. The largest absolute Gasteiger partial charge is 0.383 e. The van der Waals surface area contributed by atoms with Crippen LogP contribution in [0.3, 0.4) is 0 Å². The van der Waals surface area contributed by atoms with Gasteiger partial charge in [0.1, 0.15) is 22.3 Å². The Morgan fingerprint density at radius 3 is 2.55 bits per heavy atom. The summed E-state index contributed by atoms with van der Waals surface area (Å²) in [6.45, 7) is 9.72. The molecule has 3 aromatic rings. The Bertz CT molecular complexity index is 1090. The van der Waals surface area contributed by atoms with Crippen molar-refractivity contribution in [3.05, 3.63) is 46.3 Å². The van der Waals surface area contributed by atoms with E-state index in [4.69, 9.17) is 10.7 Å². The minimum atomic E-state index is -0.322. The number of nitrogen functional groups attached to an aromatic ring is 1. The third kappa shape index (κ3) is 4.68. The number of anilines is 2. The number of nitrogens with two attached hydrogens (primary N) is 1. The van der Waals surface area contributed by atoms with Gasteiger partial charge in [0, 0.05) is 36.7 Å². The summed E-state index contributed by atoms with van der Waals surface area (Å²) in [7, 11) is 0. The maximum Gasteiger partial charge on any atom is 0.238 e. The van der Waals surface area contributed by atoms with Crippen molar-refractivity contribution in [2.75, 3.05) is 43.8 Å². The van der Waals surface area contributed by atoms with Crippen LogP contribution >= 0.6 is 11.3 Å². The SMILES string of the molecule is Cc1sc2nc(C(C)N3CCN(CC(=O)Nc4ccc(F)cc4)CC3)nc(N)c2c1C. The van der Waals surface area contributed by atoms with Crippen LogP contribution in [0, 0.1) is 19.7 Å². The van der Waals surface area contributed by atoms with Crippen molar-refractivity contribution in [2.24, 2.45) is 0 Å².